The SMILES string of the molecule is C[C@H]1C(O)=C(C#N)C[C@@]2(C)c3nc(-c4ccnc(CS(C)(=O)=O)c4)nc(-c4ccccc4F)c3CC[C@H]12. The van der Waals surface area contributed by atoms with Gasteiger partial charge in [-0.25, -0.2) is 22.8 Å². The van der Waals surface area contributed by atoms with Crippen LogP contribution in [-0.2, 0) is 27.4 Å². The Hall–Kier alpha value is -3.64. The third kappa shape index (κ3) is 4.40. The number of halogens is 1. The summed E-state index contributed by atoms with van der Waals surface area (Å²) in [6.45, 7) is 3.99. The Labute approximate surface area is 215 Å². The fraction of sp³-hybridized carbons (Fsp3) is 0.357. The highest BCUT2D eigenvalue weighted by molar-refractivity contribution is 7.89. The minimum Gasteiger partial charge on any atom is -0.511 e. The summed E-state index contributed by atoms with van der Waals surface area (Å²) in [4.78, 5) is 14.0. The highest BCUT2D eigenvalue weighted by atomic mass is 32.2. The zero-order chi connectivity index (χ0) is 26.5. The van der Waals surface area contributed by atoms with Crippen molar-refractivity contribution in [3.63, 3.8) is 0 Å². The molecule has 2 heterocycles. The topological polar surface area (TPSA) is 117 Å². The molecule has 7 nitrogen and oxygen atoms in total. The van der Waals surface area contributed by atoms with Crippen molar-refractivity contribution in [3.8, 4) is 28.7 Å². The number of hydrogen-bond acceptors (Lipinski definition) is 7. The van der Waals surface area contributed by atoms with Crippen LogP contribution in [-0.4, -0.2) is 34.7 Å². The molecule has 0 spiro atoms. The van der Waals surface area contributed by atoms with Gasteiger partial charge in [0.15, 0.2) is 15.7 Å². The van der Waals surface area contributed by atoms with Gasteiger partial charge in [-0.3, -0.25) is 4.98 Å². The molecule has 0 radical (unpaired) electrons. The van der Waals surface area contributed by atoms with E-state index >= 15 is 4.39 Å². The molecule has 0 saturated carbocycles. The van der Waals surface area contributed by atoms with Crippen LogP contribution in [0, 0.1) is 29.0 Å². The number of allylic oxidation sites excluding steroid dienone is 2. The zero-order valence-corrected chi connectivity index (χ0v) is 21.7. The molecule has 0 fully saturated rings. The monoisotopic (exact) mass is 518 g/mol. The number of sulfone groups is 1. The summed E-state index contributed by atoms with van der Waals surface area (Å²) < 4.78 is 38.8. The van der Waals surface area contributed by atoms with Gasteiger partial charge in [0.2, 0.25) is 0 Å². The fourth-order valence-corrected chi connectivity index (χ4v) is 6.69. The molecule has 1 aromatic carbocycles. The van der Waals surface area contributed by atoms with Crippen molar-refractivity contribution in [2.75, 3.05) is 6.26 Å². The van der Waals surface area contributed by atoms with Gasteiger partial charge in [-0.05, 0) is 49.4 Å². The van der Waals surface area contributed by atoms with Gasteiger partial charge in [-0.1, -0.05) is 26.0 Å². The second-order valence-electron chi connectivity index (χ2n) is 10.3. The average Bonchev–Trinajstić information content (AvgIpc) is 2.85. The first-order valence-corrected chi connectivity index (χ1v) is 14.2. The third-order valence-electron chi connectivity index (χ3n) is 7.71. The lowest BCUT2D eigenvalue weighted by molar-refractivity contribution is 0.136. The van der Waals surface area contributed by atoms with E-state index in [4.69, 9.17) is 9.97 Å². The van der Waals surface area contributed by atoms with Crippen molar-refractivity contribution in [2.45, 2.75) is 44.3 Å². The summed E-state index contributed by atoms with van der Waals surface area (Å²) >= 11 is 0. The first-order valence-electron chi connectivity index (χ1n) is 12.1. The van der Waals surface area contributed by atoms with Crippen molar-refractivity contribution in [3.05, 3.63) is 76.7 Å². The standard InChI is InChI=1S/C28H27FN4O3S/c1-16-22-9-8-21-24(20-6-4-5-7-23(20)29)32-27(17-10-11-31-19(12-17)15-37(3,35)36)33-26(21)28(22,2)13-18(14-30)25(16)34/h4-7,10-12,16,22,34H,8-9,13,15H2,1-3H3/t16-,22-,28-/m1/s1. The molecule has 5 rings (SSSR count). The van der Waals surface area contributed by atoms with Gasteiger partial charge in [0, 0.05) is 40.5 Å². The first kappa shape index (κ1) is 25.0. The van der Waals surface area contributed by atoms with Gasteiger partial charge in [0.1, 0.15) is 11.6 Å². The molecular formula is C28H27FN4O3S. The molecule has 0 bridgehead atoms. The maximum absolute atomic E-state index is 15.1. The Morgan fingerprint density at radius 1 is 1.24 bits per heavy atom. The largest absolute Gasteiger partial charge is 0.511 e. The molecule has 0 saturated heterocycles. The normalized spacial score (nSPS) is 23.2. The number of nitrogens with zero attached hydrogens (tertiary/aromatic N) is 4. The van der Waals surface area contributed by atoms with Crippen LogP contribution in [0.4, 0.5) is 4.39 Å². The number of nitriles is 1. The summed E-state index contributed by atoms with van der Waals surface area (Å²) in [6, 6.07) is 12.0. The van der Waals surface area contributed by atoms with Gasteiger partial charge in [-0.15, -0.1) is 0 Å². The second-order valence-corrected chi connectivity index (χ2v) is 12.5. The molecule has 37 heavy (non-hydrogen) atoms. The second kappa shape index (κ2) is 9.03. The summed E-state index contributed by atoms with van der Waals surface area (Å²) in [6.07, 6.45) is 4.33. The van der Waals surface area contributed by atoms with Gasteiger partial charge >= 0.3 is 0 Å². The molecule has 3 aromatic rings. The third-order valence-corrected chi connectivity index (χ3v) is 8.53. The van der Waals surface area contributed by atoms with Crippen molar-refractivity contribution in [2.24, 2.45) is 11.8 Å². The number of pyridine rings is 1. The average molecular weight is 519 g/mol. The van der Waals surface area contributed by atoms with Crippen LogP contribution >= 0.6 is 0 Å². The van der Waals surface area contributed by atoms with E-state index in [1.165, 1.54) is 12.3 Å². The van der Waals surface area contributed by atoms with E-state index in [9.17, 15) is 18.8 Å². The number of benzene rings is 1. The van der Waals surface area contributed by atoms with Crippen LogP contribution in [0.1, 0.15) is 43.6 Å². The Balaban J connectivity index is 1.76. The number of rotatable bonds is 4. The van der Waals surface area contributed by atoms with E-state index in [0.717, 1.165) is 23.9 Å². The maximum atomic E-state index is 15.1. The van der Waals surface area contributed by atoms with Crippen molar-refractivity contribution < 1.29 is 17.9 Å². The maximum Gasteiger partial charge on any atom is 0.160 e. The predicted octanol–water partition coefficient (Wildman–Crippen LogP) is 5.08. The highest BCUT2D eigenvalue weighted by Crippen LogP contribution is 2.54. The molecule has 3 atom stereocenters. The minimum absolute atomic E-state index is 0.0338. The van der Waals surface area contributed by atoms with E-state index in [1.807, 2.05) is 6.92 Å². The van der Waals surface area contributed by atoms with Crippen LogP contribution < -0.4 is 0 Å². The molecule has 2 aliphatic carbocycles. The Bertz CT molecular complexity index is 1600. The molecule has 0 amide bonds. The number of aliphatic hydroxyl groups excluding tert-OH is 1. The van der Waals surface area contributed by atoms with Crippen LogP contribution in [0.2, 0.25) is 0 Å². The predicted molar refractivity (Wildman–Crippen MR) is 137 cm³/mol. The van der Waals surface area contributed by atoms with E-state index in [1.54, 1.807) is 30.3 Å². The van der Waals surface area contributed by atoms with Crippen LogP contribution in [0.25, 0.3) is 22.6 Å². The number of aliphatic hydroxyl groups is 1. The highest BCUT2D eigenvalue weighted by Gasteiger charge is 2.50. The van der Waals surface area contributed by atoms with Crippen LogP contribution in [0.3, 0.4) is 0 Å². The fourth-order valence-electron chi connectivity index (χ4n) is 5.99. The number of aromatic nitrogens is 3. The zero-order valence-electron chi connectivity index (χ0n) is 20.9. The summed E-state index contributed by atoms with van der Waals surface area (Å²) in [5.41, 5.74) is 3.12. The Morgan fingerprint density at radius 2 is 2.00 bits per heavy atom. The molecule has 1 N–H and O–H groups in total. The van der Waals surface area contributed by atoms with E-state index < -0.39 is 21.1 Å². The number of fused-ring (bicyclic) bond motifs is 3. The molecule has 0 aliphatic heterocycles. The van der Waals surface area contributed by atoms with Crippen LogP contribution in [0.15, 0.2) is 53.9 Å². The molecule has 190 valence electrons. The van der Waals surface area contributed by atoms with E-state index in [2.05, 4.69) is 18.0 Å². The molecule has 2 aromatic heterocycles. The smallest absolute Gasteiger partial charge is 0.160 e. The summed E-state index contributed by atoms with van der Waals surface area (Å²) in [5, 5.41) is 20.4. The lowest BCUT2D eigenvalue weighted by atomic mass is 9.56. The Kier molecular flexibility index (Phi) is 6.11. The molecule has 9 heteroatoms. The van der Waals surface area contributed by atoms with Gasteiger partial charge in [0.25, 0.3) is 0 Å². The van der Waals surface area contributed by atoms with Gasteiger partial charge in [0.05, 0.1) is 34.5 Å². The molecule has 2 aliphatic rings. The lowest BCUT2D eigenvalue weighted by Gasteiger charge is -2.48. The lowest BCUT2D eigenvalue weighted by Crippen LogP contribution is -2.45. The van der Waals surface area contributed by atoms with Crippen molar-refractivity contribution in [1.29, 1.82) is 5.26 Å². The van der Waals surface area contributed by atoms with Crippen molar-refractivity contribution in [1.82, 2.24) is 15.0 Å². The summed E-state index contributed by atoms with van der Waals surface area (Å²) in [5.74, 6) is -0.344. The van der Waals surface area contributed by atoms with Crippen molar-refractivity contribution >= 4 is 9.84 Å². The van der Waals surface area contributed by atoms with Crippen LogP contribution in [0.5, 0.6) is 0 Å². The quantitative estimate of drug-likeness (QED) is 0.512. The number of hydrogen-bond donors (Lipinski definition) is 1. The minimum atomic E-state index is -3.31. The van der Waals surface area contributed by atoms with Gasteiger partial charge < -0.3 is 5.11 Å². The van der Waals surface area contributed by atoms with E-state index in [0.29, 0.717) is 46.8 Å². The van der Waals surface area contributed by atoms with E-state index in [-0.39, 0.29) is 23.3 Å². The van der Waals surface area contributed by atoms with Gasteiger partial charge in [-0.2, -0.15) is 5.26 Å². The molecular weight excluding hydrogens is 491 g/mol. The molecule has 0 unspecified atom stereocenters. The first-order chi connectivity index (χ1) is 17.5. The Morgan fingerprint density at radius 3 is 2.70 bits per heavy atom. The summed E-state index contributed by atoms with van der Waals surface area (Å²) in [7, 11) is -3.31.